The number of methoxy groups -OCH3 is 3. The van der Waals surface area contributed by atoms with E-state index in [1.165, 1.54) is 45.7 Å². The Morgan fingerprint density at radius 2 is 1.76 bits per heavy atom. The number of benzene rings is 2. The zero-order valence-corrected chi connectivity index (χ0v) is 15.5. The molecule has 0 saturated carbocycles. The number of phenols is 1. The Kier molecular flexibility index (Phi) is 6.24. The predicted molar refractivity (Wildman–Crippen MR) is 97.0 cm³/mol. The van der Waals surface area contributed by atoms with E-state index in [2.05, 4.69) is 26.5 Å². The maximum Gasteiger partial charge on any atom is 0.271 e. The molecule has 0 bridgehead atoms. The molecule has 0 spiro atoms. The Hall–Kier alpha value is -2.74. The molecule has 2 rings (SSSR count). The molecule has 0 saturated heterocycles. The first-order valence-corrected chi connectivity index (χ1v) is 7.91. The number of carbonyl (C=O) groups excluding carboxylic acids is 1. The van der Waals surface area contributed by atoms with Crippen LogP contribution in [0.15, 0.2) is 39.9 Å². The molecule has 2 N–H and O–H groups in total. The number of carbonyl (C=O) groups is 1. The molecule has 0 aliphatic carbocycles. The predicted octanol–water partition coefficient (Wildman–Crippen LogP) is 2.94. The summed E-state index contributed by atoms with van der Waals surface area (Å²) in [4.78, 5) is 12.3. The number of phenolic OH excluding ortho intramolecular Hbond substituents is 1. The van der Waals surface area contributed by atoms with Crippen LogP contribution in [0.5, 0.6) is 23.0 Å². The van der Waals surface area contributed by atoms with Gasteiger partial charge in [-0.05, 0) is 51.8 Å². The van der Waals surface area contributed by atoms with E-state index in [1.54, 1.807) is 12.1 Å². The molecule has 0 radical (unpaired) electrons. The Bertz CT molecular complexity index is 783. The van der Waals surface area contributed by atoms with Crippen molar-refractivity contribution in [2.24, 2.45) is 5.10 Å². The largest absolute Gasteiger partial charge is 0.507 e. The topological polar surface area (TPSA) is 89.4 Å². The van der Waals surface area contributed by atoms with Gasteiger partial charge >= 0.3 is 0 Å². The second kappa shape index (κ2) is 8.39. The molecule has 0 atom stereocenters. The first-order chi connectivity index (χ1) is 12.0. The number of nitrogens with one attached hydrogen (secondary N) is 1. The fourth-order valence-corrected chi connectivity index (χ4v) is 2.44. The van der Waals surface area contributed by atoms with E-state index in [0.717, 1.165) is 0 Å². The standard InChI is InChI=1S/C17H17BrN2O5/c1-23-14-7-11(8-15(24-2)16(14)25-3)17(22)20-19-9-10-4-5-13(21)12(18)6-10/h4-9,21H,1-3H3,(H,20,22)/b19-9+. The SMILES string of the molecule is COc1cc(C(=O)N/N=C/c2ccc(O)c(Br)c2)cc(OC)c1OC. The summed E-state index contributed by atoms with van der Waals surface area (Å²) in [6.07, 6.45) is 1.46. The molecule has 0 fully saturated rings. The van der Waals surface area contributed by atoms with Gasteiger partial charge in [0.05, 0.1) is 32.0 Å². The van der Waals surface area contributed by atoms with Crippen LogP contribution in [-0.4, -0.2) is 38.6 Å². The lowest BCUT2D eigenvalue weighted by atomic mass is 10.1. The number of rotatable bonds is 6. The Labute approximate surface area is 153 Å². The Morgan fingerprint density at radius 3 is 2.28 bits per heavy atom. The summed E-state index contributed by atoms with van der Waals surface area (Å²) in [6.45, 7) is 0. The third kappa shape index (κ3) is 4.42. The van der Waals surface area contributed by atoms with E-state index in [4.69, 9.17) is 14.2 Å². The lowest BCUT2D eigenvalue weighted by molar-refractivity contribution is 0.0954. The highest BCUT2D eigenvalue weighted by molar-refractivity contribution is 9.10. The van der Waals surface area contributed by atoms with Crippen molar-refractivity contribution in [3.63, 3.8) is 0 Å². The van der Waals surface area contributed by atoms with Gasteiger partial charge in [0.15, 0.2) is 11.5 Å². The fraction of sp³-hybridized carbons (Fsp3) is 0.176. The van der Waals surface area contributed by atoms with Crippen molar-refractivity contribution in [3.05, 3.63) is 45.9 Å². The molecule has 25 heavy (non-hydrogen) atoms. The number of hydrogen-bond acceptors (Lipinski definition) is 6. The number of nitrogens with zero attached hydrogens (tertiary/aromatic N) is 1. The van der Waals surface area contributed by atoms with Gasteiger partial charge < -0.3 is 19.3 Å². The minimum atomic E-state index is -0.437. The van der Waals surface area contributed by atoms with Gasteiger partial charge in [0.2, 0.25) is 5.75 Å². The zero-order chi connectivity index (χ0) is 18.4. The van der Waals surface area contributed by atoms with Crippen LogP contribution in [0.4, 0.5) is 0 Å². The molecular weight excluding hydrogens is 392 g/mol. The minimum absolute atomic E-state index is 0.124. The lowest BCUT2D eigenvalue weighted by Crippen LogP contribution is -2.18. The fourth-order valence-electron chi connectivity index (χ4n) is 2.05. The van der Waals surface area contributed by atoms with E-state index in [-0.39, 0.29) is 5.75 Å². The van der Waals surface area contributed by atoms with Crippen molar-refractivity contribution in [1.82, 2.24) is 5.43 Å². The number of ether oxygens (including phenoxy) is 3. The van der Waals surface area contributed by atoms with Crippen LogP contribution >= 0.6 is 15.9 Å². The van der Waals surface area contributed by atoms with Crippen molar-refractivity contribution in [1.29, 1.82) is 0 Å². The molecule has 132 valence electrons. The molecule has 0 unspecified atom stereocenters. The maximum absolute atomic E-state index is 12.3. The molecule has 0 heterocycles. The van der Waals surface area contributed by atoms with Crippen LogP contribution in [0.25, 0.3) is 0 Å². The highest BCUT2D eigenvalue weighted by atomic mass is 79.9. The van der Waals surface area contributed by atoms with Crippen LogP contribution in [0, 0.1) is 0 Å². The van der Waals surface area contributed by atoms with Crippen molar-refractivity contribution < 1.29 is 24.1 Å². The first kappa shape index (κ1) is 18.6. The van der Waals surface area contributed by atoms with E-state index >= 15 is 0 Å². The van der Waals surface area contributed by atoms with Gasteiger partial charge in [-0.25, -0.2) is 5.43 Å². The summed E-state index contributed by atoms with van der Waals surface area (Å²) < 4.78 is 16.2. The molecule has 2 aromatic carbocycles. The number of aromatic hydroxyl groups is 1. The van der Waals surface area contributed by atoms with Gasteiger partial charge in [-0.2, -0.15) is 5.10 Å². The van der Waals surface area contributed by atoms with Gasteiger partial charge in [0.1, 0.15) is 5.75 Å². The average Bonchev–Trinajstić information content (AvgIpc) is 2.63. The monoisotopic (exact) mass is 408 g/mol. The molecule has 7 nitrogen and oxygen atoms in total. The van der Waals surface area contributed by atoms with Crippen molar-refractivity contribution in [3.8, 4) is 23.0 Å². The third-order valence-electron chi connectivity index (χ3n) is 3.28. The van der Waals surface area contributed by atoms with Crippen molar-refractivity contribution in [2.75, 3.05) is 21.3 Å². The van der Waals surface area contributed by atoms with Crippen molar-refractivity contribution in [2.45, 2.75) is 0 Å². The molecule has 2 aromatic rings. The van der Waals surface area contributed by atoms with E-state index in [0.29, 0.717) is 32.8 Å². The van der Waals surface area contributed by atoms with Gasteiger partial charge in [0, 0.05) is 5.56 Å². The molecule has 0 aromatic heterocycles. The van der Waals surface area contributed by atoms with Crippen LogP contribution in [0.3, 0.4) is 0 Å². The summed E-state index contributed by atoms with van der Waals surface area (Å²) in [5.41, 5.74) is 3.43. The minimum Gasteiger partial charge on any atom is -0.507 e. The second-order valence-corrected chi connectivity index (χ2v) is 5.68. The van der Waals surface area contributed by atoms with E-state index < -0.39 is 5.91 Å². The molecule has 8 heteroatoms. The third-order valence-corrected chi connectivity index (χ3v) is 3.91. The zero-order valence-electron chi connectivity index (χ0n) is 13.9. The number of halogens is 1. The molecule has 0 aliphatic heterocycles. The Balaban J connectivity index is 2.17. The van der Waals surface area contributed by atoms with Crippen LogP contribution in [0.1, 0.15) is 15.9 Å². The first-order valence-electron chi connectivity index (χ1n) is 7.12. The van der Waals surface area contributed by atoms with Crippen LogP contribution in [-0.2, 0) is 0 Å². The number of amides is 1. The molecule has 1 amide bonds. The van der Waals surface area contributed by atoms with Crippen LogP contribution in [0.2, 0.25) is 0 Å². The average molecular weight is 409 g/mol. The summed E-state index contributed by atoms with van der Waals surface area (Å²) in [7, 11) is 4.43. The van der Waals surface area contributed by atoms with Crippen LogP contribution < -0.4 is 19.6 Å². The van der Waals surface area contributed by atoms with E-state index in [1.807, 2.05) is 0 Å². The summed E-state index contributed by atoms with van der Waals surface area (Å²) in [5.74, 6) is 0.836. The van der Waals surface area contributed by atoms with Crippen molar-refractivity contribution >= 4 is 28.1 Å². The number of hydrazone groups is 1. The van der Waals surface area contributed by atoms with Gasteiger partial charge in [-0.1, -0.05) is 0 Å². The normalized spacial score (nSPS) is 10.6. The summed E-state index contributed by atoms with van der Waals surface area (Å²) in [5, 5.41) is 13.4. The number of hydrogen-bond donors (Lipinski definition) is 2. The molecule has 0 aliphatic rings. The lowest BCUT2D eigenvalue weighted by Gasteiger charge is -2.13. The Morgan fingerprint density at radius 1 is 1.12 bits per heavy atom. The van der Waals surface area contributed by atoms with Gasteiger partial charge in [-0.3, -0.25) is 4.79 Å². The highest BCUT2D eigenvalue weighted by Crippen LogP contribution is 2.38. The summed E-state index contributed by atoms with van der Waals surface area (Å²) in [6, 6.07) is 7.92. The second-order valence-electron chi connectivity index (χ2n) is 4.82. The van der Waals surface area contributed by atoms with E-state index in [9.17, 15) is 9.90 Å². The molecular formula is C17H17BrN2O5. The highest BCUT2D eigenvalue weighted by Gasteiger charge is 2.16. The van der Waals surface area contributed by atoms with Gasteiger partial charge in [-0.15, -0.1) is 0 Å². The smallest absolute Gasteiger partial charge is 0.271 e. The quantitative estimate of drug-likeness (QED) is 0.566. The van der Waals surface area contributed by atoms with Gasteiger partial charge in [0.25, 0.3) is 5.91 Å². The summed E-state index contributed by atoms with van der Waals surface area (Å²) >= 11 is 3.21. The maximum atomic E-state index is 12.3.